The first-order valence-electron chi connectivity index (χ1n) is 9.08. The van der Waals surface area contributed by atoms with Gasteiger partial charge in [-0.1, -0.05) is 36.4 Å². The Morgan fingerprint density at radius 3 is 2.88 bits per heavy atom. The van der Waals surface area contributed by atoms with Crippen molar-refractivity contribution < 1.29 is 4.79 Å². The maximum absolute atomic E-state index is 12.4. The molecule has 0 spiro atoms. The molecule has 0 unspecified atom stereocenters. The molecular weight excluding hydrogens is 332 g/mol. The average Bonchev–Trinajstić information content (AvgIpc) is 3.37. The highest BCUT2D eigenvalue weighted by molar-refractivity contribution is 7.99. The van der Waals surface area contributed by atoms with Crippen molar-refractivity contribution in [1.82, 2.24) is 20.1 Å². The second kappa shape index (κ2) is 7.20. The Morgan fingerprint density at radius 1 is 1.32 bits per heavy atom. The SMILES string of the molecule is C[C@@H](NC(=O)CSc1nncn1-c1ccccc1)[C@@H]1C[C@@H]2CC[C@@H]1C2. The molecule has 5 nitrogen and oxygen atoms in total. The summed E-state index contributed by atoms with van der Waals surface area (Å²) in [6, 6.07) is 10.2. The van der Waals surface area contributed by atoms with E-state index in [9.17, 15) is 4.79 Å². The molecule has 1 aromatic heterocycles. The zero-order valence-corrected chi connectivity index (χ0v) is 15.3. The van der Waals surface area contributed by atoms with Crippen LogP contribution in [-0.4, -0.2) is 32.5 Å². The molecule has 0 aliphatic heterocycles. The first-order chi connectivity index (χ1) is 12.2. The van der Waals surface area contributed by atoms with Crippen molar-refractivity contribution in [1.29, 1.82) is 0 Å². The van der Waals surface area contributed by atoms with Crippen LogP contribution in [0.2, 0.25) is 0 Å². The number of hydrogen-bond donors (Lipinski definition) is 1. The van der Waals surface area contributed by atoms with E-state index >= 15 is 0 Å². The monoisotopic (exact) mass is 356 g/mol. The Kier molecular flexibility index (Phi) is 4.79. The van der Waals surface area contributed by atoms with Crippen LogP contribution < -0.4 is 5.32 Å². The van der Waals surface area contributed by atoms with Crippen molar-refractivity contribution in [2.45, 2.75) is 43.8 Å². The third-order valence-corrected chi connectivity index (χ3v) is 6.65. The van der Waals surface area contributed by atoms with Gasteiger partial charge in [0, 0.05) is 11.7 Å². The topological polar surface area (TPSA) is 59.8 Å². The Balaban J connectivity index is 1.32. The number of carbonyl (C=O) groups is 1. The molecule has 2 aromatic rings. The van der Waals surface area contributed by atoms with E-state index in [1.54, 1.807) is 6.33 Å². The summed E-state index contributed by atoms with van der Waals surface area (Å²) >= 11 is 1.43. The quantitative estimate of drug-likeness (QED) is 0.807. The van der Waals surface area contributed by atoms with Crippen LogP contribution >= 0.6 is 11.8 Å². The van der Waals surface area contributed by atoms with Crippen molar-refractivity contribution in [2.75, 3.05) is 5.75 Å². The molecule has 2 aliphatic carbocycles. The molecule has 4 rings (SSSR count). The Hall–Kier alpha value is -1.82. The molecule has 2 saturated carbocycles. The molecule has 132 valence electrons. The lowest BCUT2D eigenvalue weighted by atomic mass is 9.84. The van der Waals surface area contributed by atoms with Gasteiger partial charge < -0.3 is 5.32 Å². The van der Waals surface area contributed by atoms with Gasteiger partial charge in [-0.2, -0.15) is 0 Å². The highest BCUT2D eigenvalue weighted by atomic mass is 32.2. The standard InChI is InChI=1S/C19H24N4OS/c1-13(17-10-14-7-8-15(17)9-14)21-18(24)11-25-19-22-20-12-23(19)16-5-3-2-4-6-16/h2-6,12-15,17H,7-11H2,1H3,(H,21,24)/t13-,14-,15-,17+/m1/s1. The van der Waals surface area contributed by atoms with Gasteiger partial charge in [0.1, 0.15) is 6.33 Å². The van der Waals surface area contributed by atoms with Crippen LogP contribution in [0.5, 0.6) is 0 Å². The molecular formula is C19H24N4OS. The van der Waals surface area contributed by atoms with Crippen LogP contribution in [0.15, 0.2) is 41.8 Å². The van der Waals surface area contributed by atoms with E-state index in [2.05, 4.69) is 22.4 Å². The lowest BCUT2D eigenvalue weighted by Gasteiger charge is -2.28. The number of nitrogens with one attached hydrogen (secondary N) is 1. The summed E-state index contributed by atoms with van der Waals surface area (Å²) in [5.41, 5.74) is 1.01. The summed E-state index contributed by atoms with van der Waals surface area (Å²) in [6.07, 6.45) is 7.10. The fourth-order valence-electron chi connectivity index (χ4n) is 4.53. The third kappa shape index (κ3) is 3.59. The molecule has 1 amide bonds. The molecule has 25 heavy (non-hydrogen) atoms. The number of hydrogen-bond acceptors (Lipinski definition) is 4. The van der Waals surface area contributed by atoms with Crippen LogP contribution in [0.4, 0.5) is 0 Å². The normalized spacial score (nSPS) is 25.9. The molecule has 0 saturated heterocycles. The predicted octanol–water partition coefficient (Wildman–Crippen LogP) is 3.30. The number of carbonyl (C=O) groups excluding carboxylic acids is 1. The van der Waals surface area contributed by atoms with Gasteiger partial charge >= 0.3 is 0 Å². The van der Waals surface area contributed by atoms with Gasteiger partial charge in [-0.05, 0) is 56.1 Å². The number of nitrogens with zero attached hydrogens (tertiary/aromatic N) is 3. The Morgan fingerprint density at radius 2 is 2.16 bits per heavy atom. The minimum absolute atomic E-state index is 0.0860. The fourth-order valence-corrected chi connectivity index (χ4v) is 5.27. The first kappa shape index (κ1) is 16.6. The van der Waals surface area contributed by atoms with Gasteiger partial charge in [0.25, 0.3) is 0 Å². The predicted molar refractivity (Wildman–Crippen MR) is 98.6 cm³/mol. The maximum atomic E-state index is 12.4. The zero-order chi connectivity index (χ0) is 17.2. The second-order valence-electron chi connectivity index (χ2n) is 7.30. The zero-order valence-electron chi connectivity index (χ0n) is 14.5. The van der Waals surface area contributed by atoms with Gasteiger partial charge in [0.15, 0.2) is 5.16 Å². The van der Waals surface area contributed by atoms with E-state index in [-0.39, 0.29) is 11.9 Å². The van der Waals surface area contributed by atoms with Gasteiger partial charge in [-0.25, -0.2) is 0 Å². The largest absolute Gasteiger partial charge is 0.353 e. The third-order valence-electron chi connectivity index (χ3n) is 5.71. The van der Waals surface area contributed by atoms with E-state index in [4.69, 9.17) is 0 Å². The molecule has 1 aromatic carbocycles. The Labute approximate surface area is 152 Å². The highest BCUT2D eigenvalue weighted by Crippen LogP contribution is 2.49. The number of aromatic nitrogens is 3. The van der Waals surface area contributed by atoms with Crippen LogP contribution in [-0.2, 0) is 4.79 Å². The summed E-state index contributed by atoms with van der Waals surface area (Å²) in [6.45, 7) is 2.17. The molecule has 0 radical (unpaired) electrons. The molecule has 2 bridgehead atoms. The van der Waals surface area contributed by atoms with Crippen molar-refractivity contribution >= 4 is 17.7 Å². The molecule has 2 aliphatic rings. The maximum Gasteiger partial charge on any atom is 0.230 e. The lowest BCUT2D eigenvalue weighted by Crippen LogP contribution is -2.40. The smallest absolute Gasteiger partial charge is 0.230 e. The van der Waals surface area contributed by atoms with Gasteiger partial charge in [-0.15, -0.1) is 10.2 Å². The fraction of sp³-hybridized carbons (Fsp3) is 0.526. The van der Waals surface area contributed by atoms with Gasteiger partial charge in [0.2, 0.25) is 5.91 Å². The van der Waals surface area contributed by atoms with E-state index in [0.29, 0.717) is 11.7 Å². The summed E-state index contributed by atoms with van der Waals surface area (Å²) in [5, 5.41) is 12.1. The summed E-state index contributed by atoms with van der Waals surface area (Å²) < 4.78 is 1.91. The van der Waals surface area contributed by atoms with Gasteiger partial charge in [-0.3, -0.25) is 9.36 Å². The number of thioether (sulfide) groups is 1. The van der Waals surface area contributed by atoms with Crippen LogP contribution in [0, 0.1) is 17.8 Å². The molecule has 6 heteroatoms. The number of rotatable bonds is 6. The summed E-state index contributed by atoms with van der Waals surface area (Å²) in [4.78, 5) is 12.4. The van der Waals surface area contributed by atoms with E-state index < -0.39 is 0 Å². The van der Waals surface area contributed by atoms with Crippen LogP contribution in [0.3, 0.4) is 0 Å². The lowest BCUT2D eigenvalue weighted by molar-refractivity contribution is -0.119. The minimum atomic E-state index is 0.0860. The van der Waals surface area contributed by atoms with Gasteiger partial charge in [0.05, 0.1) is 5.75 Å². The molecule has 1 heterocycles. The molecule has 4 atom stereocenters. The highest BCUT2D eigenvalue weighted by Gasteiger charge is 2.42. The summed E-state index contributed by atoms with van der Waals surface area (Å²) in [7, 11) is 0. The molecule has 2 fully saturated rings. The number of amides is 1. The summed E-state index contributed by atoms with van der Waals surface area (Å²) in [5.74, 6) is 2.86. The Bertz CT molecular complexity index is 732. The number of benzene rings is 1. The molecule has 1 N–H and O–H groups in total. The second-order valence-corrected chi connectivity index (χ2v) is 8.25. The number of para-hydroxylation sites is 1. The first-order valence-corrected chi connectivity index (χ1v) is 10.1. The van der Waals surface area contributed by atoms with Crippen molar-refractivity contribution in [3.05, 3.63) is 36.7 Å². The van der Waals surface area contributed by atoms with E-state index in [0.717, 1.165) is 22.7 Å². The van der Waals surface area contributed by atoms with Crippen molar-refractivity contribution in [3.63, 3.8) is 0 Å². The number of fused-ring (bicyclic) bond motifs is 2. The van der Waals surface area contributed by atoms with E-state index in [1.165, 1.54) is 37.4 Å². The average molecular weight is 356 g/mol. The van der Waals surface area contributed by atoms with E-state index in [1.807, 2.05) is 34.9 Å². The minimum Gasteiger partial charge on any atom is -0.353 e. The van der Waals surface area contributed by atoms with Crippen molar-refractivity contribution in [2.24, 2.45) is 17.8 Å². The van der Waals surface area contributed by atoms with Crippen LogP contribution in [0.1, 0.15) is 32.6 Å². The van der Waals surface area contributed by atoms with Crippen LogP contribution in [0.25, 0.3) is 5.69 Å². The van der Waals surface area contributed by atoms with Crippen molar-refractivity contribution in [3.8, 4) is 5.69 Å².